The number of rotatable bonds is 10. The summed E-state index contributed by atoms with van der Waals surface area (Å²) >= 11 is 0. The highest BCUT2D eigenvalue weighted by Gasteiger charge is 2.34. The topological polar surface area (TPSA) is 6.25 Å². The van der Waals surface area contributed by atoms with Crippen molar-refractivity contribution in [3.05, 3.63) is 199 Å². The molecule has 7 rings (SSSR count). The van der Waals surface area contributed by atoms with E-state index in [9.17, 15) is 0 Å². The zero-order valence-electron chi connectivity index (χ0n) is 34.7. The molecule has 4 atom stereocenters. The van der Waals surface area contributed by atoms with Crippen LogP contribution in [0.25, 0.3) is 0 Å². The molecule has 1 heterocycles. The second-order valence-electron chi connectivity index (χ2n) is 16.6. The van der Waals surface area contributed by atoms with Crippen LogP contribution in [0.15, 0.2) is 121 Å². The third kappa shape index (κ3) is 7.97. The van der Waals surface area contributed by atoms with E-state index in [0.717, 1.165) is 13.1 Å². The van der Waals surface area contributed by atoms with Crippen LogP contribution in [0.1, 0.15) is 129 Å². The highest BCUT2D eigenvalue weighted by atomic mass is 15.3. The third-order valence-corrected chi connectivity index (χ3v) is 12.1. The molecule has 0 fully saturated rings. The van der Waals surface area contributed by atoms with Crippen molar-refractivity contribution in [2.24, 2.45) is 0 Å². The maximum Gasteiger partial charge on any atom is 0.244 e. The lowest BCUT2D eigenvalue weighted by molar-refractivity contribution is -0.425. The van der Waals surface area contributed by atoms with Crippen LogP contribution in [0.4, 0.5) is 11.4 Å². The van der Waals surface area contributed by atoms with Gasteiger partial charge >= 0.3 is 0 Å². The van der Waals surface area contributed by atoms with Crippen LogP contribution >= 0.6 is 0 Å². The zero-order valence-corrected chi connectivity index (χ0v) is 34.7. The zero-order chi connectivity index (χ0) is 39.0. The Balaban J connectivity index is 1.44. The summed E-state index contributed by atoms with van der Waals surface area (Å²) in [5, 5.41) is 0. The van der Waals surface area contributed by atoms with E-state index in [1.165, 1.54) is 89.3 Å². The van der Waals surface area contributed by atoms with Gasteiger partial charge in [-0.15, -0.1) is 0 Å². The number of anilines is 1. The molecule has 0 spiro atoms. The Morgan fingerprint density at radius 3 is 1.09 bits per heavy atom. The van der Waals surface area contributed by atoms with Crippen LogP contribution in [-0.4, -0.2) is 24.0 Å². The molecule has 0 bridgehead atoms. The standard InChI is InChI=1S/C53H59N2/c1-34-15-11-19-44(25-34)40(7)48-29-38(5)30-49(41(8)45-20-12-16-35(2)26-45)52(48)54-23-24-55(33-54)53-50(42(9)46-21-13-17-36(3)27-46)31-39(6)32-51(53)43(10)47-22-14-18-37(4)28-47/h11-22,25-33,40-43H,23-24H2,1-10H3/q+1/t40-,41-,42-,43-/m1/s1. The van der Waals surface area contributed by atoms with Gasteiger partial charge in [-0.1, -0.05) is 182 Å². The van der Waals surface area contributed by atoms with Gasteiger partial charge in [0.05, 0.1) is 0 Å². The molecule has 0 aliphatic carbocycles. The fourth-order valence-corrected chi connectivity index (χ4v) is 8.97. The Bertz CT molecular complexity index is 2230. The molecule has 6 aromatic carbocycles. The van der Waals surface area contributed by atoms with E-state index in [1.54, 1.807) is 0 Å². The molecule has 0 aromatic heterocycles. The molecule has 1 aliphatic rings. The van der Waals surface area contributed by atoms with Gasteiger partial charge in [0.1, 0.15) is 24.5 Å². The maximum atomic E-state index is 2.59. The molecule has 280 valence electrons. The molecule has 0 unspecified atom stereocenters. The maximum absolute atomic E-state index is 2.59. The van der Waals surface area contributed by atoms with Gasteiger partial charge < -0.3 is 0 Å². The van der Waals surface area contributed by atoms with E-state index < -0.39 is 0 Å². The molecular weight excluding hydrogens is 665 g/mol. The lowest BCUT2D eigenvalue weighted by Crippen LogP contribution is -2.23. The number of hydrogen-bond donors (Lipinski definition) is 0. The van der Waals surface area contributed by atoms with Crippen molar-refractivity contribution in [2.45, 2.75) is 92.9 Å². The highest BCUT2D eigenvalue weighted by molar-refractivity contribution is 5.84. The minimum atomic E-state index is 0.230. The summed E-state index contributed by atoms with van der Waals surface area (Å²) in [5.41, 5.74) is 21.5. The van der Waals surface area contributed by atoms with Crippen molar-refractivity contribution < 1.29 is 4.58 Å². The van der Waals surface area contributed by atoms with Crippen LogP contribution in [0.2, 0.25) is 0 Å². The number of aryl methyl sites for hydroxylation is 6. The van der Waals surface area contributed by atoms with Crippen LogP contribution < -0.4 is 4.90 Å². The summed E-state index contributed by atoms with van der Waals surface area (Å²) in [4.78, 5) is 2.59. The van der Waals surface area contributed by atoms with E-state index in [2.05, 4.69) is 206 Å². The molecule has 0 saturated heterocycles. The fraction of sp³-hybridized carbons (Fsp3) is 0.302. The summed E-state index contributed by atoms with van der Waals surface area (Å²) in [7, 11) is 0. The predicted octanol–water partition coefficient (Wildman–Crippen LogP) is 13.3. The molecule has 0 saturated carbocycles. The van der Waals surface area contributed by atoms with Crippen molar-refractivity contribution in [1.82, 2.24) is 0 Å². The van der Waals surface area contributed by atoms with Crippen LogP contribution in [0.5, 0.6) is 0 Å². The fourth-order valence-electron chi connectivity index (χ4n) is 8.97. The van der Waals surface area contributed by atoms with Crippen LogP contribution in [0, 0.1) is 41.5 Å². The lowest BCUT2D eigenvalue weighted by atomic mass is 9.83. The van der Waals surface area contributed by atoms with Gasteiger partial charge in [-0.3, -0.25) is 0 Å². The van der Waals surface area contributed by atoms with Gasteiger partial charge in [-0.05, 0) is 63.8 Å². The van der Waals surface area contributed by atoms with E-state index in [4.69, 9.17) is 0 Å². The van der Waals surface area contributed by atoms with Gasteiger partial charge in [-0.2, -0.15) is 0 Å². The smallest absolute Gasteiger partial charge is 0.229 e. The first-order valence-electron chi connectivity index (χ1n) is 20.3. The van der Waals surface area contributed by atoms with Gasteiger partial charge in [0.25, 0.3) is 0 Å². The average molecular weight is 724 g/mol. The second-order valence-corrected chi connectivity index (χ2v) is 16.6. The van der Waals surface area contributed by atoms with Crippen molar-refractivity contribution in [3.8, 4) is 0 Å². The Kier molecular flexibility index (Phi) is 11.0. The first-order chi connectivity index (χ1) is 26.4. The van der Waals surface area contributed by atoms with Crippen molar-refractivity contribution in [1.29, 1.82) is 0 Å². The number of hydrogen-bond acceptors (Lipinski definition) is 1. The van der Waals surface area contributed by atoms with Crippen molar-refractivity contribution in [3.63, 3.8) is 0 Å². The van der Waals surface area contributed by atoms with E-state index in [1.807, 2.05) is 0 Å². The molecule has 6 aromatic rings. The predicted molar refractivity (Wildman–Crippen MR) is 235 cm³/mol. The summed E-state index contributed by atoms with van der Waals surface area (Å²) in [6, 6.07) is 46.1. The van der Waals surface area contributed by atoms with Crippen LogP contribution in [0.3, 0.4) is 0 Å². The van der Waals surface area contributed by atoms with Crippen molar-refractivity contribution in [2.75, 3.05) is 18.0 Å². The van der Waals surface area contributed by atoms with Gasteiger partial charge in [0, 0.05) is 45.9 Å². The normalized spacial score (nSPS) is 15.1. The van der Waals surface area contributed by atoms with E-state index >= 15 is 0 Å². The summed E-state index contributed by atoms with van der Waals surface area (Å²) in [6.45, 7) is 24.8. The Labute approximate surface area is 331 Å². The number of benzene rings is 6. The number of nitrogens with zero attached hydrogens (tertiary/aromatic N) is 2. The minimum Gasteiger partial charge on any atom is -0.229 e. The van der Waals surface area contributed by atoms with Gasteiger partial charge in [0.15, 0.2) is 0 Å². The average Bonchev–Trinajstić information content (AvgIpc) is 3.65. The molecular formula is C53H59N2+. The highest BCUT2D eigenvalue weighted by Crippen LogP contribution is 2.44. The second kappa shape index (κ2) is 15.9. The summed E-state index contributed by atoms with van der Waals surface area (Å²) in [5.74, 6) is 0.922. The molecule has 0 amide bonds. The molecule has 2 heteroatoms. The van der Waals surface area contributed by atoms with Crippen LogP contribution in [-0.2, 0) is 0 Å². The first kappa shape index (κ1) is 38.1. The van der Waals surface area contributed by atoms with Gasteiger partial charge in [0.2, 0.25) is 6.34 Å². The van der Waals surface area contributed by atoms with E-state index in [-0.39, 0.29) is 23.7 Å². The molecule has 2 nitrogen and oxygen atoms in total. The minimum absolute atomic E-state index is 0.230. The first-order valence-corrected chi connectivity index (χ1v) is 20.3. The lowest BCUT2D eigenvalue weighted by Gasteiger charge is -2.25. The molecule has 55 heavy (non-hydrogen) atoms. The Morgan fingerprint density at radius 2 is 0.745 bits per heavy atom. The Morgan fingerprint density at radius 1 is 0.418 bits per heavy atom. The van der Waals surface area contributed by atoms with Gasteiger partial charge in [-0.25, -0.2) is 9.48 Å². The molecule has 1 aliphatic heterocycles. The monoisotopic (exact) mass is 723 g/mol. The largest absolute Gasteiger partial charge is 0.244 e. The molecule has 0 N–H and O–H groups in total. The summed E-state index contributed by atoms with van der Waals surface area (Å²) in [6.07, 6.45) is 2.45. The third-order valence-electron chi connectivity index (χ3n) is 12.1. The summed E-state index contributed by atoms with van der Waals surface area (Å²) < 4.78 is 2.59. The molecule has 0 radical (unpaired) electrons. The quantitative estimate of drug-likeness (QED) is 0.128. The van der Waals surface area contributed by atoms with Crippen molar-refractivity contribution >= 4 is 17.7 Å². The SMILES string of the molecule is Cc1cccc([C@@H](C)c2cc(C)cc([C@H](C)c3cccc(C)c3)c2N2C=[N+](c3c([C@H](C)c4cccc(C)c4)cc(C)cc3[C@H](C)c3cccc(C)c3)CC2)c1. The van der Waals surface area contributed by atoms with E-state index in [0.29, 0.717) is 0 Å². The Hall–Kier alpha value is -5.21.